The van der Waals surface area contributed by atoms with E-state index in [0.29, 0.717) is 23.4 Å². The molecule has 0 saturated carbocycles. The van der Waals surface area contributed by atoms with Gasteiger partial charge in [0.05, 0.1) is 6.61 Å². The standard InChI is InChI=1S/C26H35N5O/c1-6-17-13-19(23(28)29)9-10-22(17)32-16-26(4,5)15-25(2,3)12-11-18-7-8-20(24(30)31)14-21(18)27/h6-14H,1,15-16,27H2,2-5H3,(H3,28,29)(H3,30,31)/b12-11+. The summed E-state index contributed by atoms with van der Waals surface area (Å²) in [5.74, 6) is 0.750. The van der Waals surface area contributed by atoms with Crippen LogP contribution in [0.25, 0.3) is 12.2 Å². The molecule has 6 heteroatoms. The number of nitrogens with one attached hydrogen (secondary N) is 2. The van der Waals surface area contributed by atoms with Crippen molar-refractivity contribution in [2.45, 2.75) is 34.1 Å². The number of amidine groups is 2. The average Bonchev–Trinajstić information content (AvgIpc) is 2.70. The van der Waals surface area contributed by atoms with Gasteiger partial charge in [-0.05, 0) is 47.1 Å². The SMILES string of the molecule is C=Cc1cc(C(=N)N)ccc1OCC(C)(C)CC(C)(C)/C=C/c1ccc(C(=N)N)cc1N. The molecule has 0 radical (unpaired) electrons. The molecule has 8 N–H and O–H groups in total. The third-order valence-electron chi connectivity index (χ3n) is 5.21. The van der Waals surface area contributed by atoms with Gasteiger partial charge in [0.2, 0.25) is 0 Å². The fraction of sp³-hybridized carbons (Fsp3) is 0.308. The Hall–Kier alpha value is -3.54. The summed E-state index contributed by atoms with van der Waals surface area (Å²) in [6.07, 6.45) is 6.78. The number of anilines is 1. The Balaban J connectivity index is 2.08. The maximum absolute atomic E-state index is 7.59. The molecule has 0 aliphatic heterocycles. The zero-order valence-electron chi connectivity index (χ0n) is 19.5. The first-order valence-electron chi connectivity index (χ1n) is 10.5. The highest BCUT2D eigenvalue weighted by Gasteiger charge is 2.28. The van der Waals surface area contributed by atoms with Crippen molar-refractivity contribution in [2.24, 2.45) is 22.3 Å². The molecule has 0 aliphatic rings. The average molecular weight is 434 g/mol. The monoisotopic (exact) mass is 433 g/mol. The van der Waals surface area contributed by atoms with Crippen molar-refractivity contribution < 1.29 is 4.74 Å². The second-order valence-electron chi connectivity index (χ2n) is 9.58. The summed E-state index contributed by atoms with van der Waals surface area (Å²) in [6, 6.07) is 10.8. The van der Waals surface area contributed by atoms with Gasteiger partial charge < -0.3 is 21.9 Å². The van der Waals surface area contributed by atoms with Crippen LogP contribution in [0.3, 0.4) is 0 Å². The number of hydrogen-bond acceptors (Lipinski definition) is 4. The van der Waals surface area contributed by atoms with E-state index in [1.807, 2.05) is 24.3 Å². The van der Waals surface area contributed by atoms with Crippen molar-refractivity contribution in [1.29, 1.82) is 10.8 Å². The Morgan fingerprint density at radius 2 is 1.56 bits per heavy atom. The van der Waals surface area contributed by atoms with Crippen molar-refractivity contribution in [3.8, 4) is 5.75 Å². The van der Waals surface area contributed by atoms with Crippen molar-refractivity contribution >= 4 is 29.5 Å². The van der Waals surface area contributed by atoms with Crippen LogP contribution in [0.4, 0.5) is 5.69 Å². The van der Waals surface area contributed by atoms with E-state index < -0.39 is 0 Å². The Bertz CT molecular complexity index is 1050. The fourth-order valence-corrected chi connectivity index (χ4v) is 3.83. The van der Waals surface area contributed by atoms with Crippen molar-refractivity contribution in [3.05, 3.63) is 71.3 Å². The van der Waals surface area contributed by atoms with Gasteiger partial charge in [-0.1, -0.05) is 64.6 Å². The van der Waals surface area contributed by atoms with E-state index in [0.717, 1.165) is 23.3 Å². The van der Waals surface area contributed by atoms with Gasteiger partial charge in [-0.25, -0.2) is 0 Å². The van der Waals surface area contributed by atoms with Gasteiger partial charge in [-0.15, -0.1) is 0 Å². The summed E-state index contributed by atoms with van der Waals surface area (Å²) < 4.78 is 6.13. The first-order chi connectivity index (χ1) is 14.8. The second-order valence-corrected chi connectivity index (χ2v) is 9.58. The lowest BCUT2D eigenvalue weighted by atomic mass is 9.75. The zero-order chi connectivity index (χ0) is 24.1. The van der Waals surface area contributed by atoms with Crippen LogP contribution in [0, 0.1) is 21.6 Å². The lowest BCUT2D eigenvalue weighted by Gasteiger charge is -2.33. The van der Waals surface area contributed by atoms with Crippen LogP contribution in [0.15, 0.2) is 49.1 Å². The van der Waals surface area contributed by atoms with E-state index in [9.17, 15) is 0 Å². The molecule has 6 nitrogen and oxygen atoms in total. The van der Waals surface area contributed by atoms with Crippen LogP contribution in [0.5, 0.6) is 5.75 Å². The summed E-state index contributed by atoms with van der Waals surface area (Å²) in [4.78, 5) is 0. The van der Waals surface area contributed by atoms with Gasteiger partial charge in [-0.2, -0.15) is 0 Å². The van der Waals surface area contributed by atoms with E-state index >= 15 is 0 Å². The minimum Gasteiger partial charge on any atom is -0.492 e. The van der Waals surface area contributed by atoms with Crippen molar-refractivity contribution in [1.82, 2.24) is 0 Å². The summed E-state index contributed by atoms with van der Waals surface area (Å²) in [6.45, 7) is 13.1. The molecule has 170 valence electrons. The summed E-state index contributed by atoms with van der Waals surface area (Å²) in [5, 5.41) is 15.1. The molecule has 0 bridgehead atoms. The zero-order valence-corrected chi connectivity index (χ0v) is 19.5. The van der Waals surface area contributed by atoms with Crippen molar-refractivity contribution in [2.75, 3.05) is 12.3 Å². The maximum atomic E-state index is 7.59. The van der Waals surface area contributed by atoms with E-state index in [-0.39, 0.29) is 22.5 Å². The van der Waals surface area contributed by atoms with Crippen LogP contribution in [-0.4, -0.2) is 18.3 Å². The molecule has 0 heterocycles. The predicted octanol–water partition coefficient (Wildman–Crippen LogP) is 5.01. The largest absolute Gasteiger partial charge is 0.492 e. The Morgan fingerprint density at radius 1 is 0.969 bits per heavy atom. The molecule has 0 unspecified atom stereocenters. The lowest BCUT2D eigenvalue weighted by Crippen LogP contribution is -2.28. The van der Waals surface area contributed by atoms with Gasteiger partial charge >= 0.3 is 0 Å². The summed E-state index contributed by atoms with van der Waals surface area (Å²) >= 11 is 0. The molecule has 2 aromatic rings. The minimum absolute atomic E-state index is 0.00449. The second kappa shape index (κ2) is 9.73. The van der Waals surface area contributed by atoms with E-state index in [1.165, 1.54) is 0 Å². The topological polar surface area (TPSA) is 135 Å². The Labute approximate surface area is 191 Å². The van der Waals surface area contributed by atoms with E-state index in [2.05, 4.69) is 40.3 Å². The van der Waals surface area contributed by atoms with Crippen LogP contribution in [0.1, 0.15) is 56.4 Å². The highest BCUT2D eigenvalue weighted by atomic mass is 16.5. The van der Waals surface area contributed by atoms with Crippen LogP contribution >= 0.6 is 0 Å². The van der Waals surface area contributed by atoms with Gasteiger partial charge in [-0.3, -0.25) is 10.8 Å². The summed E-state index contributed by atoms with van der Waals surface area (Å²) in [5.41, 5.74) is 20.6. The number of hydrogen-bond donors (Lipinski definition) is 5. The molecule has 0 spiro atoms. The van der Waals surface area contributed by atoms with Gasteiger partial charge in [0.25, 0.3) is 0 Å². The fourth-order valence-electron chi connectivity index (χ4n) is 3.83. The van der Waals surface area contributed by atoms with E-state index in [4.69, 9.17) is 32.8 Å². The molecule has 0 saturated heterocycles. The van der Waals surface area contributed by atoms with Crippen LogP contribution in [0.2, 0.25) is 0 Å². The predicted molar refractivity (Wildman–Crippen MR) is 136 cm³/mol. The Kier molecular flexibility index (Phi) is 7.52. The van der Waals surface area contributed by atoms with Crippen molar-refractivity contribution in [3.63, 3.8) is 0 Å². The molecule has 0 aromatic heterocycles. The minimum atomic E-state index is -0.102. The maximum Gasteiger partial charge on any atom is 0.126 e. The highest BCUT2D eigenvalue weighted by Crippen LogP contribution is 2.36. The van der Waals surface area contributed by atoms with Gasteiger partial charge in [0.15, 0.2) is 0 Å². The van der Waals surface area contributed by atoms with Crippen LogP contribution < -0.4 is 21.9 Å². The molecule has 32 heavy (non-hydrogen) atoms. The molecule has 0 amide bonds. The molecular weight excluding hydrogens is 398 g/mol. The van der Waals surface area contributed by atoms with E-state index in [1.54, 1.807) is 24.3 Å². The molecule has 0 aliphatic carbocycles. The third-order valence-corrected chi connectivity index (χ3v) is 5.21. The Morgan fingerprint density at radius 3 is 2.12 bits per heavy atom. The summed E-state index contributed by atoms with van der Waals surface area (Å²) in [7, 11) is 0. The number of benzene rings is 2. The number of ether oxygens (including phenoxy) is 1. The normalized spacial score (nSPS) is 12.0. The number of nitrogens with two attached hydrogens (primary N) is 3. The molecule has 2 rings (SSSR count). The molecule has 0 atom stereocenters. The molecule has 0 fully saturated rings. The third kappa shape index (κ3) is 6.74. The van der Waals surface area contributed by atoms with Gasteiger partial charge in [0, 0.05) is 22.4 Å². The molecular formula is C26H35N5O. The first kappa shape index (κ1) is 24.7. The highest BCUT2D eigenvalue weighted by molar-refractivity contribution is 5.96. The number of rotatable bonds is 10. The molecule has 2 aromatic carbocycles. The first-order valence-corrected chi connectivity index (χ1v) is 10.5. The quantitative estimate of drug-likeness (QED) is 0.204. The number of nitrogen functional groups attached to an aromatic ring is 3. The smallest absolute Gasteiger partial charge is 0.126 e. The lowest BCUT2D eigenvalue weighted by molar-refractivity contribution is 0.135. The van der Waals surface area contributed by atoms with Crippen LogP contribution in [-0.2, 0) is 0 Å². The van der Waals surface area contributed by atoms with Gasteiger partial charge in [0.1, 0.15) is 17.4 Å². The number of allylic oxidation sites excluding steroid dienone is 1.